The van der Waals surface area contributed by atoms with E-state index >= 15 is 0 Å². The number of ether oxygens (including phenoxy) is 2. The van der Waals surface area contributed by atoms with Gasteiger partial charge in [-0.25, -0.2) is 64.5 Å². The lowest BCUT2D eigenvalue weighted by Gasteiger charge is -2.19. The molecule has 4 rings (SSSR count). The van der Waals surface area contributed by atoms with E-state index in [4.69, 9.17) is 13.8 Å². The van der Waals surface area contributed by atoms with Crippen molar-refractivity contribution in [2.24, 2.45) is 9.98 Å². The number of aliphatic imine (C=N–C) groups is 2. The van der Waals surface area contributed by atoms with E-state index < -0.39 is 65.5 Å². The molecule has 3 aromatic rings. The minimum Gasteiger partial charge on any atom is -0.465 e. The molecule has 1 aromatic heterocycles. The van der Waals surface area contributed by atoms with Gasteiger partial charge in [0.1, 0.15) is 16.5 Å². The van der Waals surface area contributed by atoms with Crippen LogP contribution < -0.4 is 24.5 Å². The van der Waals surface area contributed by atoms with E-state index in [1.807, 2.05) is 19.3 Å². The number of nitrogens with one attached hydrogen (secondary N) is 2. The number of carbonyl (C=O) groups excluding carboxylic acids is 3. The topological polar surface area (TPSA) is 261 Å². The van der Waals surface area contributed by atoms with Gasteiger partial charge >= 0.3 is 11.7 Å². The molecule has 0 spiro atoms. The Morgan fingerprint density at radius 1 is 0.948 bits per heavy atom. The molecular formula is C32H43F2N9O12S3. The molecule has 0 aliphatic carbocycles. The number of hydrogen-bond acceptors (Lipinski definition) is 15. The normalized spacial score (nSPS) is 14.1. The minimum absolute atomic E-state index is 0.0301. The molecule has 0 saturated carbocycles. The number of benzene rings is 2. The lowest BCUT2D eigenvalue weighted by molar-refractivity contribution is -0.137. The molecule has 2 heterocycles. The maximum absolute atomic E-state index is 14.3. The van der Waals surface area contributed by atoms with Gasteiger partial charge in [0.15, 0.2) is 0 Å². The van der Waals surface area contributed by atoms with Gasteiger partial charge in [-0.15, -0.1) is 5.10 Å². The van der Waals surface area contributed by atoms with E-state index in [9.17, 15) is 49.0 Å². The van der Waals surface area contributed by atoms with Gasteiger partial charge in [-0.2, -0.15) is 4.28 Å². The minimum atomic E-state index is -3.79. The van der Waals surface area contributed by atoms with Crippen LogP contribution in [0.5, 0.6) is 6.01 Å². The van der Waals surface area contributed by atoms with Crippen molar-refractivity contribution < 1.29 is 58.0 Å². The first-order valence-corrected chi connectivity index (χ1v) is 21.6. The molecule has 1 aliphatic heterocycles. The van der Waals surface area contributed by atoms with Gasteiger partial charge in [0.2, 0.25) is 43.2 Å². The molecule has 2 N–H and O–H groups in total. The summed E-state index contributed by atoms with van der Waals surface area (Å²) in [5, 5.41) is 5.98. The number of aromatic nitrogens is 3. The lowest BCUT2D eigenvalue weighted by Crippen LogP contribution is -2.43. The van der Waals surface area contributed by atoms with Crippen LogP contribution >= 0.6 is 0 Å². The van der Waals surface area contributed by atoms with Crippen LogP contribution in [0.15, 0.2) is 56.1 Å². The molecule has 0 bridgehead atoms. The number of hydrogen-bond donors (Lipinski definition) is 2. The molecule has 2 aromatic carbocycles. The Bertz CT molecular complexity index is 2320. The van der Waals surface area contributed by atoms with Crippen LogP contribution in [0, 0.1) is 11.6 Å². The van der Waals surface area contributed by atoms with E-state index in [0.29, 0.717) is 23.5 Å². The SMILES string of the molecule is CCOC1=NC(C(=O)NOS(=O)c2c(F)cccc2N(C)S(C)(=O)=O)C(=O)N1CC.CCOc1n[nH]c(=O)n1CC.CN(c1cccc(F)c1CN=C=O)S(C)(=O)=O. The molecule has 320 valence electrons. The van der Waals surface area contributed by atoms with Crippen molar-refractivity contribution in [3.8, 4) is 6.01 Å². The van der Waals surface area contributed by atoms with Crippen LogP contribution in [-0.2, 0) is 67.6 Å². The first-order chi connectivity index (χ1) is 27.2. The number of nitrogens with zero attached hydrogens (tertiary/aromatic N) is 7. The summed E-state index contributed by atoms with van der Waals surface area (Å²) in [6.45, 7) is 8.33. The van der Waals surface area contributed by atoms with Crippen molar-refractivity contribution in [3.63, 3.8) is 0 Å². The fourth-order valence-corrected chi connectivity index (χ4v) is 6.50. The second-order valence-electron chi connectivity index (χ2n) is 11.3. The first-order valence-electron chi connectivity index (χ1n) is 16.9. The second-order valence-corrected chi connectivity index (χ2v) is 16.4. The number of sulfonamides is 2. The molecule has 21 nitrogen and oxygen atoms in total. The molecule has 0 fully saturated rings. The monoisotopic (exact) mass is 879 g/mol. The number of rotatable bonds is 15. The largest absolute Gasteiger partial charge is 0.465 e. The Kier molecular flexibility index (Phi) is 18.3. The maximum Gasteiger partial charge on any atom is 0.346 e. The zero-order valence-corrected chi connectivity index (χ0v) is 35.0. The average molecular weight is 880 g/mol. The number of hydroxylamine groups is 1. The first kappa shape index (κ1) is 48.6. The third kappa shape index (κ3) is 12.7. The summed E-state index contributed by atoms with van der Waals surface area (Å²) in [5.74, 6) is -3.34. The van der Waals surface area contributed by atoms with Crippen LogP contribution in [0.1, 0.15) is 33.3 Å². The molecule has 0 radical (unpaired) electrons. The summed E-state index contributed by atoms with van der Waals surface area (Å²) in [5.41, 5.74) is 1.55. The summed E-state index contributed by atoms with van der Waals surface area (Å²) in [6.07, 6.45) is 3.17. The highest BCUT2D eigenvalue weighted by Crippen LogP contribution is 2.28. The molecular weight excluding hydrogens is 837 g/mol. The number of amidine groups is 1. The van der Waals surface area contributed by atoms with Crippen molar-refractivity contribution in [2.45, 2.75) is 51.7 Å². The van der Waals surface area contributed by atoms with E-state index in [-0.39, 0.29) is 48.3 Å². The molecule has 0 saturated heterocycles. The number of anilines is 2. The lowest BCUT2D eigenvalue weighted by atomic mass is 10.1. The van der Waals surface area contributed by atoms with Crippen LogP contribution in [0.3, 0.4) is 0 Å². The summed E-state index contributed by atoms with van der Waals surface area (Å²) >= 11 is -2.63. The number of amides is 2. The number of isocyanates is 1. The molecule has 2 unspecified atom stereocenters. The zero-order valence-electron chi connectivity index (χ0n) is 32.6. The van der Waals surface area contributed by atoms with E-state index in [0.717, 1.165) is 34.8 Å². The van der Waals surface area contributed by atoms with Crippen molar-refractivity contribution in [2.75, 3.05) is 55.0 Å². The van der Waals surface area contributed by atoms with Gasteiger partial charge in [-0.3, -0.25) is 23.1 Å². The summed E-state index contributed by atoms with van der Waals surface area (Å²) in [6, 6.07) is 6.22. The smallest absolute Gasteiger partial charge is 0.346 e. The third-order valence-electron chi connectivity index (χ3n) is 7.52. The van der Waals surface area contributed by atoms with Crippen LogP contribution in [0.25, 0.3) is 0 Å². The molecule has 58 heavy (non-hydrogen) atoms. The average Bonchev–Trinajstić information content (AvgIpc) is 3.69. The van der Waals surface area contributed by atoms with E-state index in [1.54, 1.807) is 13.8 Å². The third-order valence-corrected chi connectivity index (χ3v) is 10.9. The molecule has 2 amide bonds. The quantitative estimate of drug-likeness (QED) is 0.0935. The van der Waals surface area contributed by atoms with Crippen LogP contribution in [-0.4, -0.2) is 117 Å². The highest BCUT2D eigenvalue weighted by atomic mass is 32.2. The zero-order chi connectivity index (χ0) is 44.0. The standard InChI is InChI=1S/C16H21FN4O7S2.C10H11FN2O3S.C6H11N3O2/c1-5-21-15(23)12(18-16(21)27-6-2)14(22)19-28-29(24)13-10(17)8-7-9-11(13)20(3)30(4,25)26;1-13(17(2,15)16)10-5-3-4-9(11)8(10)6-12-7-14;1-3-9-5(10)7-8-6(9)11-4-2/h7-9,12H,5-6H2,1-4H3,(H,19,22);3-5H,6H2,1-2H3;3-4H2,1-2H3,(H,7,10). The summed E-state index contributed by atoms with van der Waals surface area (Å²) in [4.78, 5) is 53.2. The Balaban J connectivity index is 0.000000345. The highest BCUT2D eigenvalue weighted by Gasteiger charge is 2.40. The van der Waals surface area contributed by atoms with Crippen molar-refractivity contribution in [1.82, 2.24) is 25.1 Å². The van der Waals surface area contributed by atoms with Crippen LogP contribution in [0.4, 0.5) is 20.2 Å². The summed E-state index contributed by atoms with van der Waals surface area (Å²) in [7, 11) is -4.84. The molecule has 26 heteroatoms. The number of halogens is 2. The number of carbonyl (C=O) groups is 2. The Morgan fingerprint density at radius 3 is 2.05 bits per heavy atom. The van der Waals surface area contributed by atoms with Gasteiger partial charge in [0.05, 0.1) is 43.6 Å². The van der Waals surface area contributed by atoms with Crippen molar-refractivity contribution in [1.29, 1.82) is 0 Å². The van der Waals surface area contributed by atoms with Gasteiger partial charge in [-0.1, -0.05) is 12.1 Å². The number of H-pyrrole nitrogens is 1. The Morgan fingerprint density at radius 2 is 1.52 bits per heavy atom. The number of aromatic amines is 1. The van der Waals surface area contributed by atoms with Gasteiger partial charge in [0, 0.05) is 32.7 Å². The van der Waals surface area contributed by atoms with Crippen molar-refractivity contribution in [3.05, 3.63) is 64.1 Å². The predicted octanol–water partition coefficient (Wildman–Crippen LogP) is 0.962. The fourth-order valence-electron chi connectivity index (χ4n) is 4.56. The number of likely N-dealkylation sites (N-methyl/N-ethyl adjacent to an activating group) is 1. The maximum atomic E-state index is 14.3. The van der Waals surface area contributed by atoms with Gasteiger partial charge in [-0.05, 0) is 52.0 Å². The predicted molar refractivity (Wildman–Crippen MR) is 207 cm³/mol. The van der Waals surface area contributed by atoms with Crippen molar-refractivity contribution >= 4 is 66.4 Å². The van der Waals surface area contributed by atoms with Gasteiger partial charge in [0.25, 0.3) is 17.8 Å². The molecule has 1 aliphatic rings. The second kappa shape index (κ2) is 21.8. The summed E-state index contributed by atoms with van der Waals surface area (Å²) < 4.78 is 105. The Hall–Kier alpha value is -5.56. The highest BCUT2D eigenvalue weighted by molar-refractivity contribution is 7.92. The van der Waals surface area contributed by atoms with E-state index in [2.05, 4.69) is 20.2 Å². The fraction of sp³-hybridized carbons (Fsp3) is 0.438. The van der Waals surface area contributed by atoms with Gasteiger partial charge < -0.3 is 9.47 Å². The molecule has 2 atom stereocenters. The van der Waals surface area contributed by atoms with Crippen LogP contribution in [0.2, 0.25) is 0 Å². The van der Waals surface area contributed by atoms with E-state index in [1.165, 1.54) is 48.0 Å². The Labute approximate surface area is 335 Å².